The zero-order valence-electron chi connectivity index (χ0n) is 13.5. The maximum absolute atomic E-state index is 12.6. The molecule has 6 nitrogen and oxygen atoms in total. The molecule has 0 aliphatic carbocycles. The molecule has 2 saturated heterocycles. The summed E-state index contributed by atoms with van der Waals surface area (Å²) < 4.78 is 0. The first-order valence-electron chi connectivity index (χ1n) is 8.24. The Labute approximate surface area is 131 Å². The summed E-state index contributed by atoms with van der Waals surface area (Å²) in [5, 5.41) is 9.29. The van der Waals surface area contributed by atoms with Crippen molar-refractivity contribution in [2.75, 3.05) is 19.6 Å². The summed E-state index contributed by atoms with van der Waals surface area (Å²) in [6.45, 7) is 5.49. The van der Waals surface area contributed by atoms with E-state index in [9.17, 15) is 19.5 Å². The van der Waals surface area contributed by atoms with Crippen LogP contribution in [-0.4, -0.2) is 58.4 Å². The van der Waals surface area contributed by atoms with Gasteiger partial charge in [-0.15, -0.1) is 0 Å². The number of carbonyl (C=O) groups is 3. The number of hydrogen-bond donors (Lipinski definition) is 1. The monoisotopic (exact) mass is 310 g/mol. The Hall–Kier alpha value is -1.59. The Morgan fingerprint density at radius 1 is 1.00 bits per heavy atom. The summed E-state index contributed by atoms with van der Waals surface area (Å²) in [5.41, 5.74) is 0. The molecule has 0 spiro atoms. The lowest BCUT2D eigenvalue weighted by Crippen LogP contribution is -2.52. The maximum atomic E-state index is 12.6. The fourth-order valence-corrected chi connectivity index (χ4v) is 3.40. The van der Waals surface area contributed by atoms with Gasteiger partial charge in [0.25, 0.3) is 0 Å². The molecule has 2 heterocycles. The van der Waals surface area contributed by atoms with Gasteiger partial charge in [-0.3, -0.25) is 9.59 Å². The van der Waals surface area contributed by atoms with Gasteiger partial charge in [0.15, 0.2) is 0 Å². The predicted octanol–water partition coefficient (Wildman–Crippen LogP) is 1.35. The Bertz CT molecular complexity index is 441. The highest BCUT2D eigenvalue weighted by Crippen LogP contribution is 2.25. The molecular weight excluding hydrogens is 284 g/mol. The summed E-state index contributed by atoms with van der Waals surface area (Å²) in [6.07, 6.45) is 3.56. The molecule has 2 aliphatic heterocycles. The summed E-state index contributed by atoms with van der Waals surface area (Å²) in [5.74, 6) is -0.974. The van der Waals surface area contributed by atoms with Crippen LogP contribution in [0.3, 0.4) is 0 Å². The van der Waals surface area contributed by atoms with Crippen molar-refractivity contribution in [3.63, 3.8) is 0 Å². The van der Waals surface area contributed by atoms with Crippen LogP contribution in [0, 0.1) is 11.8 Å². The van der Waals surface area contributed by atoms with E-state index in [1.165, 1.54) is 0 Å². The molecule has 2 amide bonds. The number of likely N-dealkylation sites (tertiary alicyclic amines) is 2. The largest absolute Gasteiger partial charge is 0.480 e. The molecule has 22 heavy (non-hydrogen) atoms. The van der Waals surface area contributed by atoms with Crippen molar-refractivity contribution in [1.82, 2.24) is 9.80 Å². The highest BCUT2D eigenvalue weighted by atomic mass is 16.4. The summed E-state index contributed by atoms with van der Waals surface area (Å²) in [4.78, 5) is 39.3. The maximum Gasteiger partial charge on any atom is 0.326 e. The van der Waals surface area contributed by atoms with Gasteiger partial charge in [0.1, 0.15) is 6.04 Å². The molecule has 2 fully saturated rings. The van der Waals surface area contributed by atoms with E-state index in [0.29, 0.717) is 38.9 Å². The zero-order chi connectivity index (χ0) is 16.3. The smallest absolute Gasteiger partial charge is 0.326 e. The summed E-state index contributed by atoms with van der Waals surface area (Å²) >= 11 is 0. The van der Waals surface area contributed by atoms with Crippen LogP contribution in [0.25, 0.3) is 0 Å². The van der Waals surface area contributed by atoms with Crippen LogP contribution in [0.4, 0.5) is 0 Å². The van der Waals surface area contributed by atoms with Crippen LogP contribution >= 0.6 is 0 Å². The lowest BCUT2D eigenvalue weighted by Gasteiger charge is -2.38. The predicted molar refractivity (Wildman–Crippen MR) is 81.1 cm³/mol. The molecule has 2 rings (SSSR count). The molecule has 6 heteroatoms. The molecule has 124 valence electrons. The van der Waals surface area contributed by atoms with E-state index in [2.05, 4.69) is 0 Å². The quantitative estimate of drug-likeness (QED) is 0.853. The van der Waals surface area contributed by atoms with Crippen LogP contribution in [-0.2, 0) is 14.4 Å². The van der Waals surface area contributed by atoms with Crippen molar-refractivity contribution in [1.29, 1.82) is 0 Å². The Morgan fingerprint density at radius 3 is 2.18 bits per heavy atom. The van der Waals surface area contributed by atoms with E-state index in [1.807, 2.05) is 18.7 Å². The fourth-order valence-electron chi connectivity index (χ4n) is 3.40. The van der Waals surface area contributed by atoms with Crippen LogP contribution in [0.5, 0.6) is 0 Å². The lowest BCUT2D eigenvalue weighted by atomic mass is 9.92. The molecule has 2 aliphatic rings. The molecule has 0 saturated carbocycles. The van der Waals surface area contributed by atoms with Crippen molar-refractivity contribution in [2.24, 2.45) is 11.8 Å². The van der Waals surface area contributed by atoms with E-state index in [4.69, 9.17) is 0 Å². The number of aliphatic carboxylic acids is 1. The third kappa shape index (κ3) is 3.59. The van der Waals surface area contributed by atoms with Gasteiger partial charge >= 0.3 is 5.97 Å². The second-order valence-corrected chi connectivity index (χ2v) is 6.64. The minimum atomic E-state index is -0.902. The van der Waals surface area contributed by atoms with Crippen molar-refractivity contribution in [2.45, 2.75) is 52.0 Å². The topological polar surface area (TPSA) is 77.9 Å². The summed E-state index contributed by atoms with van der Waals surface area (Å²) in [7, 11) is 0. The normalized spacial score (nSPS) is 23.7. The molecule has 0 radical (unpaired) electrons. The number of carbonyl (C=O) groups excluding carboxylic acids is 2. The number of amides is 2. The second-order valence-electron chi connectivity index (χ2n) is 6.64. The number of hydrogen-bond acceptors (Lipinski definition) is 3. The molecule has 1 atom stereocenters. The van der Waals surface area contributed by atoms with Crippen molar-refractivity contribution >= 4 is 17.8 Å². The van der Waals surface area contributed by atoms with Crippen molar-refractivity contribution in [3.8, 4) is 0 Å². The van der Waals surface area contributed by atoms with Gasteiger partial charge in [0, 0.05) is 31.5 Å². The minimum Gasteiger partial charge on any atom is -0.480 e. The Morgan fingerprint density at radius 2 is 1.64 bits per heavy atom. The number of carboxylic acid groups (broad SMARTS) is 1. The highest BCUT2D eigenvalue weighted by molar-refractivity contribution is 5.85. The third-order valence-electron chi connectivity index (χ3n) is 4.72. The van der Waals surface area contributed by atoms with Gasteiger partial charge < -0.3 is 14.9 Å². The van der Waals surface area contributed by atoms with E-state index >= 15 is 0 Å². The molecular formula is C16H26N2O4. The van der Waals surface area contributed by atoms with Gasteiger partial charge in [0.2, 0.25) is 11.8 Å². The van der Waals surface area contributed by atoms with E-state index in [1.54, 1.807) is 4.90 Å². The Balaban J connectivity index is 1.94. The Kier molecular flexibility index (Phi) is 5.42. The fraction of sp³-hybridized carbons (Fsp3) is 0.812. The van der Waals surface area contributed by atoms with Gasteiger partial charge in [-0.25, -0.2) is 4.79 Å². The zero-order valence-corrected chi connectivity index (χ0v) is 13.5. The third-order valence-corrected chi connectivity index (χ3v) is 4.72. The molecule has 0 aromatic heterocycles. The van der Waals surface area contributed by atoms with Crippen LogP contribution < -0.4 is 0 Å². The molecule has 0 aromatic rings. The van der Waals surface area contributed by atoms with Crippen LogP contribution in [0.15, 0.2) is 0 Å². The van der Waals surface area contributed by atoms with Crippen molar-refractivity contribution < 1.29 is 19.5 Å². The van der Waals surface area contributed by atoms with Gasteiger partial charge in [-0.2, -0.15) is 0 Å². The van der Waals surface area contributed by atoms with Gasteiger partial charge in [0.05, 0.1) is 0 Å². The first kappa shape index (κ1) is 16.8. The SMILES string of the molecule is CC(C)C(=O)N1CCC(C(=O)N2CCCC[C@@H]2C(=O)O)CC1. The van der Waals surface area contributed by atoms with Crippen molar-refractivity contribution in [3.05, 3.63) is 0 Å². The molecule has 0 bridgehead atoms. The van der Waals surface area contributed by atoms with Crippen LogP contribution in [0.2, 0.25) is 0 Å². The lowest BCUT2D eigenvalue weighted by molar-refractivity contribution is -0.155. The number of nitrogens with zero attached hydrogens (tertiary/aromatic N) is 2. The molecule has 0 aromatic carbocycles. The highest BCUT2D eigenvalue weighted by Gasteiger charge is 2.37. The molecule has 0 unspecified atom stereocenters. The van der Waals surface area contributed by atoms with E-state index in [-0.39, 0.29) is 23.7 Å². The van der Waals surface area contributed by atoms with E-state index in [0.717, 1.165) is 12.8 Å². The van der Waals surface area contributed by atoms with Crippen LogP contribution in [0.1, 0.15) is 46.0 Å². The number of piperidine rings is 2. The first-order valence-corrected chi connectivity index (χ1v) is 8.24. The average molecular weight is 310 g/mol. The van der Waals surface area contributed by atoms with Gasteiger partial charge in [-0.05, 0) is 32.1 Å². The molecule has 1 N–H and O–H groups in total. The first-order chi connectivity index (χ1) is 10.4. The summed E-state index contributed by atoms with van der Waals surface area (Å²) in [6, 6.07) is -0.670. The number of carboxylic acids is 1. The average Bonchev–Trinajstić information content (AvgIpc) is 2.53. The number of rotatable bonds is 3. The standard InChI is InChI=1S/C16H26N2O4/c1-11(2)14(19)17-9-6-12(7-10-17)15(20)18-8-4-3-5-13(18)16(21)22/h11-13H,3-10H2,1-2H3,(H,21,22)/t13-/m1/s1. The van der Waals surface area contributed by atoms with E-state index < -0.39 is 12.0 Å². The second kappa shape index (κ2) is 7.11. The minimum absolute atomic E-state index is 0.0225. The van der Waals surface area contributed by atoms with Gasteiger partial charge in [-0.1, -0.05) is 13.8 Å².